The minimum Gasteiger partial charge on any atom is -0.507 e. The predicted octanol–water partition coefficient (Wildman–Crippen LogP) is 3.79. The number of amides is 2. The van der Waals surface area contributed by atoms with E-state index in [-0.39, 0.29) is 29.8 Å². The van der Waals surface area contributed by atoms with E-state index in [1.165, 1.54) is 4.90 Å². The molecule has 2 N–H and O–H groups in total. The fourth-order valence-electron chi connectivity index (χ4n) is 6.26. The minimum atomic E-state index is -1.02. The van der Waals surface area contributed by atoms with E-state index in [1.54, 1.807) is 26.3 Å². The van der Waals surface area contributed by atoms with Gasteiger partial charge in [0, 0.05) is 19.7 Å². The van der Waals surface area contributed by atoms with Gasteiger partial charge in [0.1, 0.15) is 5.75 Å². The summed E-state index contributed by atoms with van der Waals surface area (Å²) in [6.45, 7) is 0.357. The second-order valence-corrected chi connectivity index (χ2v) is 10.1. The molecule has 192 valence electrons. The molecule has 2 fully saturated rings. The van der Waals surface area contributed by atoms with Crippen LogP contribution in [0.3, 0.4) is 0 Å². The number of para-hydroxylation sites is 1. The summed E-state index contributed by atoms with van der Waals surface area (Å²) in [5, 5.41) is 21.1. The minimum absolute atomic E-state index is 0.155. The molecular weight excluding hydrogens is 469 g/mol. The highest BCUT2D eigenvalue weighted by atomic mass is 16.5. The first-order chi connectivity index (χ1) is 17.9. The lowest BCUT2D eigenvalue weighted by molar-refractivity contribution is -0.138. The van der Waals surface area contributed by atoms with Crippen LogP contribution in [0.2, 0.25) is 6.32 Å². The summed E-state index contributed by atoms with van der Waals surface area (Å²) in [7, 11) is 2.15. The Hall–Kier alpha value is -3.20. The second-order valence-electron chi connectivity index (χ2n) is 10.1. The number of ether oxygens (including phenoxy) is 1. The van der Waals surface area contributed by atoms with Crippen LogP contribution in [0.25, 0.3) is 11.6 Å². The number of likely N-dealkylation sites (tertiary alicyclic amines) is 1. The van der Waals surface area contributed by atoms with E-state index >= 15 is 0 Å². The van der Waals surface area contributed by atoms with Crippen molar-refractivity contribution in [2.75, 3.05) is 20.8 Å². The highest BCUT2D eigenvalue weighted by Gasteiger charge is 2.56. The summed E-state index contributed by atoms with van der Waals surface area (Å²) in [5.41, 5.74) is 4.78. The quantitative estimate of drug-likeness (QED) is 0.260. The fraction of sp³-hybridized carbons (Fsp3) is 0.379. The number of rotatable bonds is 7. The van der Waals surface area contributed by atoms with Gasteiger partial charge in [-0.05, 0) is 65.9 Å². The Balaban J connectivity index is 1.48. The Morgan fingerprint density at radius 1 is 1.11 bits per heavy atom. The van der Waals surface area contributed by atoms with Crippen LogP contribution in [-0.2, 0) is 19.0 Å². The molecule has 4 atom stereocenters. The molecular formula is C29H32BNO6. The van der Waals surface area contributed by atoms with E-state index in [1.807, 2.05) is 48.5 Å². The van der Waals surface area contributed by atoms with Gasteiger partial charge in [0.15, 0.2) is 0 Å². The zero-order chi connectivity index (χ0) is 26.1. The number of benzene rings is 2. The van der Waals surface area contributed by atoms with Crippen LogP contribution >= 0.6 is 0 Å². The van der Waals surface area contributed by atoms with Crippen molar-refractivity contribution in [1.29, 1.82) is 0 Å². The van der Waals surface area contributed by atoms with Crippen LogP contribution in [0.5, 0.6) is 5.75 Å². The highest BCUT2D eigenvalue weighted by Crippen LogP contribution is 2.50. The third-order valence-electron chi connectivity index (χ3n) is 7.93. The molecule has 7 nitrogen and oxygen atoms in total. The SMILES string of the molecule is COCC1=C2[C@@H](CC/C(=C/c3ccccc3O)c3ccccc3)OB(O)C[C@@H]2[C@@H]2C(=O)N(C)C(=O)[C@@H]2C1. The largest absolute Gasteiger partial charge is 0.507 e. The van der Waals surface area contributed by atoms with Crippen LogP contribution in [0.4, 0.5) is 0 Å². The zero-order valence-corrected chi connectivity index (χ0v) is 21.2. The molecule has 0 radical (unpaired) electrons. The average molecular weight is 501 g/mol. The Bertz CT molecular complexity index is 1240. The smallest absolute Gasteiger partial charge is 0.455 e. The molecule has 37 heavy (non-hydrogen) atoms. The first-order valence-corrected chi connectivity index (χ1v) is 12.8. The lowest BCUT2D eigenvalue weighted by Crippen LogP contribution is -2.46. The summed E-state index contributed by atoms with van der Waals surface area (Å²) < 4.78 is 11.6. The van der Waals surface area contributed by atoms with Gasteiger partial charge in [-0.25, -0.2) is 0 Å². The number of phenolic OH excluding ortho intramolecular Hbond substituents is 1. The van der Waals surface area contributed by atoms with Crippen LogP contribution in [0.1, 0.15) is 30.4 Å². The Morgan fingerprint density at radius 2 is 1.84 bits per heavy atom. The van der Waals surface area contributed by atoms with Gasteiger partial charge in [0.25, 0.3) is 0 Å². The van der Waals surface area contributed by atoms with E-state index in [4.69, 9.17) is 9.39 Å². The number of phenols is 1. The summed E-state index contributed by atoms with van der Waals surface area (Å²) in [6.07, 6.45) is 3.51. The van der Waals surface area contributed by atoms with Gasteiger partial charge in [0.2, 0.25) is 11.8 Å². The molecule has 2 heterocycles. The van der Waals surface area contributed by atoms with Crippen molar-refractivity contribution < 1.29 is 29.1 Å². The fourth-order valence-corrected chi connectivity index (χ4v) is 6.26. The number of carbonyl (C=O) groups is 2. The van der Waals surface area contributed by atoms with Gasteiger partial charge in [0.05, 0.1) is 24.5 Å². The molecule has 2 aromatic rings. The molecule has 2 amide bonds. The number of aromatic hydroxyl groups is 1. The van der Waals surface area contributed by atoms with E-state index in [2.05, 4.69) is 0 Å². The van der Waals surface area contributed by atoms with Crippen molar-refractivity contribution in [2.45, 2.75) is 31.7 Å². The lowest BCUT2D eigenvalue weighted by Gasteiger charge is -2.43. The number of hydrogen-bond donors (Lipinski definition) is 2. The van der Waals surface area contributed by atoms with Crippen molar-refractivity contribution in [3.63, 3.8) is 0 Å². The molecule has 0 unspecified atom stereocenters. The summed E-state index contributed by atoms with van der Waals surface area (Å²) in [6, 6.07) is 17.2. The molecule has 2 saturated heterocycles. The first kappa shape index (κ1) is 25.5. The summed E-state index contributed by atoms with van der Waals surface area (Å²) in [5.74, 6) is -1.27. The zero-order valence-electron chi connectivity index (χ0n) is 21.2. The summed E-state index contributed by atoms with van der Waals surface area (Å²) >= 11 is 0. The standard InChI is InChI=1S/C29H32BNO6/c1-31-28(33)22-15-21(17-36-2)26-23(27(22)29(31)34)16-30(35)37-25(26)13-12-19(18-8-4-3-5-9-18)14-20-10-6-7-11-24(20)32/h3-11,14,22-23,25,27,32,35H,12-13,15-17H2,1-2H3/b19-14-/t22-,23+,25-,27-/m1/s1. The molecule has 0 spiro atoms. The van der Waals surface area contributed by atoms with Crippen molar-refractivity contribution in [2.24, 2.45) is 17.8 Å². The van der Waals surface area contributed by atoms with Crippen LogP contribution in [0, 0.1) is 17.8 Å². The third kappa shape index (κ3) is 4.89. The van der Waals surface area contributed by atoms with Gasteiger partial charge >= 0.3 is 7.12 Å². The Labute approximate surface area is 217 Å². The van der Waals surface area contributed by atoms with Crippen molar-refractivity contribution in [3.8, 4) is 5.75 Å². The number of carbonyl (C=O) groups excluding carboxylic acids is 2. The maximum atomic E-state index is 13.1. The van der Waals surface area contributed by atoms with E-state index < -0.39 is 25.1 Å². The van der Waals surface area contributed by atoms with Gasteiger partial charge in [-0.1, -0.05) is 48.5 Å². The average Bonchev–Trinajstić information content (AvgIpc) is 3.11. The number of allylic oxidation sites excluding steroid dienone is 1. The second kappa shape index (κ2) is 10.7. The van der Waals surface area contributed by atoms with Crippen molar-refractivity contribution in [3.05, 3.63) is 76.9 Å². The molecule has 0 aromatic heterocycles. The molecule has 2 aliphatic heterocycles. The molecule has 1 aliphatic carbocycles. The third-order valence-corrected chi connectivity index (χ3v) is 7.93. The molecule has 8 heteroatoms. The van der Waals surface area contributed by atoms with E-state index in [9.17, 15) is 19.7 Å². The maximum Gasteiger partial charge on any atom is 0.455 e. The monoisotopic (exact) mass is 501 g/mol. The normalized spacial score (nSPS) is 26.0. The van der Waals surface area contributed by atoms with E-state index in [0.29, 0.717) is 25.9 Å². The number of hydrogen-bond acceptors (Lipinski definition) is 6. The summed E-state index contributed by atoms with van der Waals surface area (Å²) in [4.78, 5) is 27.1. The van der Waals surface area contributed by atoms with Gasteiger partial charge in [-0.3, -0.25) is 14.5 Å². The molecule has 5 rings (SSSR count). The van der Waals surface area contributed by atoms with E-state index in [0.717, 1.165) is 27.8 Å². The highest BCUT2D eigenvalue weighted by molar-refractivity contribution is 6.43. The molecule has 2 aromatic carbocycles. The lowest BCUT2D eigenvalue weighted by atomic mass is 9.58. The maximum absolute atomic E-state index is 13.1. The molecule has 3 aliphatic rings. The molecule has 0 saturated carbocycles. The Kier molecular flexibility index (Phi) is 7.33. The Morgan fingerprint density at radius 3 is 2.57 bits per heavy atom. The number of methoxy groups -OCH3 is 1. The van der Waals surface area contributed by atoms with Crippen LogP contribution < -0.4 is 0 Å². The number of imide groups is 1. The number of nitrogens with zero attached hydrogens (tertiary/aromatic N) is 1. The van der Waals surface area contributed by atoms with Crippen molar-refractivity contribution >= 4 is 30.6 Å². The van der Waals surface area contributed by atoms with Crippen LogP contribution in [0.15, 0.2) is 65.7 Å². The van der Waals surface area contributed by atoms with Gasteiger partial charge < -0.3 is 19.5 Å². The van der Waals surface area contributed by atoms with Gasteiger partial charge in [-0.2, -0.15) is 0 Å². The number of fused-ring (bicyclic) bond motifs is 3. The first-order valence-electron chi connectivity index (χ1n) is 12.8. The van der Waals surface area contributed by atoms with Gasteiger partial charge in [-0.15, -0.1) is 0 Å². The molecule has 0 bridgehead atoms. The topological polar surface area (TPSA) is 96.3 Å². The van der Waals surface area contributed by atoms with Crippen LogP contribution in [-0.4, -0.2) is 60.8 Å². The predicted molar refractivity (Wildman–Crippen MR) is 141 cm³/mol. The van der Waals surface area contributed by atoms with Crippen molar-refractivity contribution in [1.82, 2.24) is 4.90 Å².